The predicted octanol–water partition coefficient (Wildman–Crippen LogP) is 5.49. The Morgan fingerprint density at radius 1 is 1.12 bits per heavy atom. The van der Waals surface area contributed by atoms with Gasteiger partial charge in [0.15, 0.2) is 0 Å². The summed E-state index contributed by atoms with van der Waals surface area (Å²) in [7, 11) is -0.841. The van der Waals surface area contributed by atoms with Crippen LogP contribution in [0.25, 0.3) is 0 Å². The van der Waals surface area contributed by atoms with E-state index in [0.717, 1.165) is 11.8 Å². The molecule has 0 aliphatic heterocycles. The summed E-state index contributed by atoms with van der Waals surface area (Å²) < 4.78 is 0. The Bertz CT molecular complexity index is 212. The minimum absolute atomic E-state index is 0.841. The molecule has 0 saturated heterocycles. The van der Waals surface area contributed by atoms with E-state index in [1.54, 1.807) is 0 Å². The fourth-order valence-electron chi connectivity index (χ4n) is 2.27. The number of rotatable bonds is 8. The van der Waals surface area contributed by atoms with E-state index in [1.165, 1.54) is 44.6 Å². The van der Waals surface area contributed by atoms with Crippen LogP contribution in [0.2, 0.25) is 25.7 Å². The molecule has 1 saturated carbocycles. The van der Waals surface area contributed by atoms with Gasteiger partial charge in [-0.1, -0.05) is 64.4 Å². The third-order valence-electron chi connectivity index (χ3n) is 3.52. The van der Waals surface area contributed by atoms with Gasteiger partial charge in [0.1, 0.15) is 0 Å². The molecular weight excluding hydrogens is 208 g/mol. The maximum absolute atomic E-state index is 2.52. The highest BCUT2D eigenvalue weighted by molar-refractivity contribution is 6.76. The summed E-state index contributed by atoms with van der Waals surface area (Å²) in [4.78, 5) is 0. The topological polar surface area (TPSA) is 0 Å². The summed E-state index contributed by atoms with van der Waals surface area (Å²) in [5.74, 6) is 2.01. The number of hydrogen-bond donors (Lipinski definition) is 0. The highest BCUT2D eigenvalue weighted by Gasteiger charge is 2.33. The van der Waals surface area contributed by atoms with Crippen LogP contribution in [0.4, 0.5) is 0 Å². The van der Waals surface area contributed by atoms with Crippen molar-refractivity contribution in [1.29, 1.82) is 0 Å². The molecule has 1 aliphatic carbocycles. The van der Waals surface area contributed by atoms with E-state index < -0.39 is 8.07 Å². The van der Waals surface area contributed by atoms with Crippen molar-refractivity contribution < 1.29 is 0 Å². The smallest absolute Gasteiger partial charge is 0.0480 e. The molecule has 1 rings (SSSR count). The summed E-state index contributed by atoms with van der Waals surface area (Å²) >= 11 is 0. The monoisotopic (exact) mass is 238 g/mol. The van der Waals surface area contributed by atoms with Crippen molar-refractivity contribution in [2.75, 3.05) is 0 Å². The molecule has 0 spiro atoms. The summed E-state index contributed by atoms with van der Waals surface area (Å²) in [6, 6.07) is 1.37. The first kappa shape index (κ1) is 14.0. The average Bonchev–Trinajstić information content (AvgIpc) is 2.90. The van der Waals surface area contributed by atoms with E-state index in [4.69, 9.17) is 0 Å². The Morgan fingerprint density at radius 2 is 1.88 bits per heavy atom. The second-order valence-corrected chi connectivity index (χ2v) is 12.2. The average molecular weight is 238 g/mol. The fourth-order valence-corrected chi connectivity index (χ4v) is 3.11. The van der Waals surface area contributed by atoms with Gasteiger partial charge in [0.05, 0.1) is 0 Å². The van der Waals surface area contributed by atoms with Crippen LogP contribution in [-0.2, 0) is 0 Å². The molecule has 0 aromatic carbocycles. The summed E-state index contributed by atoms with van der Waals surface area (Å²) in [6.45, 7) is 9.64. The van der Waals surface area contributed by atoms with Crippen molar-refractivity contribution in [3.63, 3.8) is 0 Å². The summed E-state index contributed by atoms with van der Waals surface area (Å²) in [6.07, 6.45) is 13.7. The first-order valence-corrected chi connectivity index (χ1v) is 10.9. The van der Waals surface area contributed by atoms with E-state index in [0.29, 0.717) is 0 Å². The Balaban J connectivity index is 2.02. The lowest BCUT2D eigenvalue weighted by Crippen LogP contribution is -2.17. The van der Waals surface area contributed by atoms with Gasteiger partial charge in [0.25, 0.3) is 0 Å². The van der Waals surface area contributed by atoms with Gasteiger partial charge in [-0.25, -0.2) is 0 Å². The lowest BCUT2D eigenvalue weighted by molar-refractivity contribution is 0.585. The molecular formula is C15H30Si. The van der Waals surface area contributed by atoms with Gasteiger partial charge in [-0.3, -0.25) is 0 Å². The van der Waals surface area contributed by atoms with Crippen LogP contribution >= 0.6 is 0 Å². The standard InChI is InChI=1S/C15H30Si/c1-5-6-7-8-10-14-13-15(14)11-9-12-16(2,3)4/h9,11,14-15H,5-8,10,12-13H2,1-4H3/b11-9+. The van der Waals surface area contributed by atoms with E-state index in [2.05, 4.69) is 38.7 Å². The molecule has 0 nitrogen and oxygen atoms in total. The van der Waals surface area contributed by atoms with Crippen LogP contribution in [0.5, 0.6) is 0 Å². The molecule has 0 heterocycles. The maximum atomic E-state index is 2.52. The molecule has 94 valence electrons. The van der Waals surface area contributed by atoms with E-state index in [-0.39, 0.29) is 0 Å². The molecule has 1 aliphatic rings. The highest BCUT2D eigenvalue weighted by Crippen LogP contribution is 2.43. The summed E-state index contributed by atoms with van der Waals surface area (Å²) in [5, 5.41) is 0. The second-order valence-electron chi connectivity index (χ2n) is 6.70. The molecule has 0 N–H and O–H groups in total. The Labute approximate surface area is 104 Å². The number of unbranched alkanes of at least 4 members (excludes halogenated alkanes) is 3. The molecule has 1 fully saturated rings. The van der Waals surface area contributed by atoms with Crippen molar-refractivity contribution in [3.8, 4) is 0 Å². The van der Waals surface area contributed by atoms with E-state index in [1.807, 2.05) is 0 Å². The van der Waals surface area contributed by atoms with Crippen LogP contribution < -0.4 is 0 Å². The van der Waals surface area contributed by atoms with E-state index in [9.17, 15) is 0 Å². The van der Waals surface area contributed by atoms with Gasteiger partial charge in [0, 0.05) is 8.07 Å². The molecule has 0 bridgehead atoms. The SMILES string of the molecule is CCCCCCC1CC1/C=C/C[Si](C)(C)C. The fraction of sp³-hybridized carbons (Fsp3) is 0.867. The van der Waals surface area contributed by atoms with Gasteiger partial charge in [-0.15, -0.1) is 0 Å². The van der Waals surface area contributed by atoms with Crippen LogP contribution in [0, 0.1) is 11.8 Å². The molecule has 0 aromatic heterocycles. The van der Waals surface area contributed by atoms with Crippen LogP contribution in [0.15, 0.2) is 12.2 Å². The lowest BCUT2D eigenvalue weighted by atomic mass is 10.1. The zero-order valence-corrected chi connectivity index (χ0v) is 12.8. The number of hydrogen-bond acceptors (Lipinski definition) is 0. The molecule has 1 heteroatoms. The van der Waals surface area contributed by atoms with Gasteiger partial charge in [-0.2, -0.15) is 0 Å². The van der Waals surface area contributed by atoms with Crippen molar-refractivity contribution in [1.82, 2.24) is 0 Å². The Morgan fingerprint density at radius 3 is 2.50 bits per heavy atom. The van der Waals surface area contributed by atoms with Crippen LogP contribution in [-0.4, -0.2) is 8.07 Å². The van der Waals surface area contributed by atoms with Crippen molar-refractivity contribution >= 4 is 8.07 Å². The van der Waals surface area contributed by atoms with Gasteiger partial charge >= 0.3 is 0 Å². The highest BCUT2D eigenvalue weighted by atomic mass is 28.3. The Kier molecular flexibility index (Phi) is 5.81. The lowest BCUT2D eigenvalue weighted by Gasteiger charge is -2.11. The molecule has 2 unspecified atom stereocenters. The zero-order valence-electron chi connectivity index (χ0n) is 11.8. The van der Waals surface area contributed by atoms with Gasteiger partial charge in [-0.05, 0) is 30.7 Å². The van der Waals surface area contributed by atoms with Gasteiger partial charge < -0.3 is 0 Å². The first-order valence-electron chi connectivity index (χ1n) is 7.19. The molecule has 0 radical (unpaired) electrons. The third-order valence-corrected chi connectivity index (χ3v) is 4.98. The van der Waals surface area contributed by atoms with Crippen LogP contribution in [0.3, 0.4) is 0 Å². The largest absolute Gasteiger partial charge is 0.0909 e. The van der Waals surface area contributed by atoms with Crippen LogP contribution in [0.1, 0.15) is 45.4 Å². The third kappa shape index (κ3) is 6.52. The van der Waals surface area contributed by atoms with Crippen molar-refractivity contribution in [3.05, 3.63) is 12.2 Å². The quantitative estimate of drug-likeness (QED) is 0.298. The minimum atomic E-state index is -0.841. The second kappa shape index (κ2) is 6.63. The van der Waals surface area contributed by atoms with Crippen molar-refractivity contribution in [2.24, 2.45) is 11.8 Å². The molecule has 0 aromatic rings. The number of allylic oxidation sites excluding steroid dienone is 2. The zero-order chi connectivity index (χ0) is 12.0. The minimum Gasteiger partial charge on any atom is -0.0909 e. The summed E-state index contributed by atoms with van der Waals surface area (Å²) in [5.41, 5.74) is 0. The maximum Gasteiger partial charge on any atom is 0.0480 e. The molecule has 0 amide bonds. The Hall–Kier alpha value is -0.0431. The van der Waals surface area contributed by atoms with Gasteiger partial charge in [0.2, 0.25) is 0 Å². The normalized spacial score (nSPS) is 25.2. The van der Waals surface area contributed by atoms with Crippen molar-refractivity contribution in [2.45, 2.75) is 71.1 Å². The predicted molar refractivity (Wildman–Crippen MR) is 77.6 cm³/mol. The van der Waals surface area contributed by atoms with E-state index >= 15 is 0 Å². The molecule has 16 heavy (non-hydrogen) atoms. The molecule has 2 atom stereocenters. The first-order chi connectivity index (χ1) is 7.53.